The van der Waals surface area contributed by atoms with Crippen molar-refractivity contribution in [1.82, 2.24) is 4.98 Å². The van der Waals surface area contributed by atoms with Crippen LogP contribution in [0.2, 0.25) is 0 Å². The van der Waals surface area contributed by atoms with E-state index < -0.39 is 0 Å². The van der Waals surface area contributed by atoms with E-state index in [0.717, 1.165) is 16.1 Å². The van der Waals surface area contributed by atoms with Gasteiger partial charge in [-0.3, -0.25) is 0 Å². The van der Waals surface area contributed by atoms with Crippen LogP contribution >= 0.6 is 11.3 Å². The molecule has 0 radical (unpaired) electrons. The predicted molar refractivity (Wildman–Crippen MR) is 107 cm³/mol. The predicted octanol–water partition coefficient (Wildman–Crippen LogP) is 5.51. The van der Waals surface area contributed by atoms with Crippen molar-refractivity contribution in [2.24, 2.45) is 0 Å². The van der Waals surface area contributed by atoms with Gasteiger partial charge in [-0.05, 0) is 35.9 Å². The Labute approximate surface area is 152 Å². The van der Waals surface area contributed by atoms with Crippen LogP contribution in [-0.2, 0) is 0 Å². The molecule has 0 fully saturated rings. The van der Waals surface area contributed by atoms with E-state index >= 15 is 0 Å². The minimum atomic E-state index is 0.219. The van der Waals surface area contributed by atoms with Crippen LogP contribution in [0.15, 0.2) is 42.5 Å². The van der Waals surface area contributed by atoms with E-state index in [0.29, 0.717) is 11.5 Å². The summed E-state index contributed by atoms with van der Waals surface area (Å²) >= 11 is 1.66. The molecule has 0 aliphatic carbocycles. The molecule has 0 N–H and O–H groups in total. The molecule has 2 aromatic carbocycles. The van der Waals surface area contributed by atoms with Gasteiger partial charge in [-0.2, -0.15) is 0 Å². The number of rotatable bonds is 5. The molecule has 0 aliphatic heterocycles. The zero-order valence-electron chi connectivity index (χ0n) is 14.7. The molecular weight excluding hydrogens is 330 g/mol. The van der Waals surface area contributed by atoms with Crippen molar-refractivity contribution in [2.75, 3.05) is 13.7 Å². The van der Waals surface area contributed by atoms with Crippen LogP contribution in [0.1, 0.15) is 24.4 Å². The number of thiazole rings is 1. The van der Waals surface area contributed by atoms with Crippen molar-refractivity contribution >= 4 is 33.7 Å². The summed E-state index contributed by atoms with van der Waals surface area (Å²) in [5.74, 6) is 3.74. The average Bonchev–Trinajstić information content (AvgIpc) is 3.09. The number of aromatic nitrogens is 1. The average molecular weight is 351 g/mol. The highest BCUT2D eigenvalue weighted by molar-refractivity contribution is 7.19. The Hall–Kier alpha value is -2.77. The Balaban J connectivity index is 0.00000109. The first-order valence-electron chi connectivity index (χ1n) is 8.08. The van der Waals surface area contributed by atoms with Crippen LogP contribution in [0.4, 0.5) is 0 Å². The molecule has 128 valence electrons. The number of hydrogen-bond acceptors (Lipinski definition) is 4. The number of methoxy groups -OCH3 is 1. The maximum Gasteiger partial charge on any atom is 0.162 e. The Bertz CT molecular complexity index is 857. The second-order valence-electron chi connectivity index (χ2n) is 4.76. The molecule has 0 amide bonds. The molecule has 3 rings (SSSR count). The van der Waals surface area contributed by atoms with E-state index in [-0.39, 0.29) is 6.61 Å². The van der Waals surface area contributed by atoms with Crippen LogP contribution in [0.5, 0.6) is 11.5 Å². The van der Waals surface area contributed by atoms with Crippen LogP contribution in [0.3, 0.4) is 0 Å². The van der Waals surface area contributed by atoms with E-state index in [9.17, 15) is 0 Å². The maximum atomic E-state index is 5.44. The summed E-state index contributed by atoms with van der Waals surface area (Å²) in [7, 11) is 1.61. The van der Waals surface area contributed by atoms with E-state index in [1.54, 1.807) is 18.4 Å². The van der Waals surface area contributed by atoms with Gasteiger partial charge >= 0.3 is 0 Å². The molecule has 0 saturated carbocycles. The van der Waals surface area contributed by atoms with E-state index in [2.05, 4.69) is 17.0 Å². The second kappa shape index (κ2) is 9.51. The standard InChI is InChI=1S/C19H15NO2S.C2H6/c1-3-12-22-16-10-8-14(13-17(16)21-2)9-11-19-20-15-6-4-5-7-18(15)23-19;1-2/h1,4-11,13H,12H2,2H3;1-2H3/b11-9+;. The third-order valence-corrected chi connectivity index (χ3v) is 4.23. The van der Waals surface area contributed by atoms with Crippen LogP contribution in [0, 0.1) is 12.3 Å². The number of benzene rings is 2. The number of para-hydroxylation sites is 1. The summed E-state index contributed by atoms with van der Waals surface area (Å²) in [6, 6.07) is 13.8. The normalized spacial score (nSPS) is 10.2. The van der Waals surface area contributed by atoms with Gasteiger partial charge in [0.25, 0.3) is 0 Å². The molecule has 1 heterocycles. The fourth-order valence-electron chi connectivity index (χ4n) is 2.16. The van der Waals surface area contributed by atoms with Crippen molar-refractivity contribution in [3.05, 3.63) is 53.0 Å². The smallest absolute Gasteiger partial charge is 0.162 e. The van der Waals surface area contributed by atoms with Gasteiger partial charge in [0.15, 0.2) is 11.5 Å². The van der Waals surface area contributed by atoms with Crippen molar-refractivity contribution in [3.63, 3.8) is 0 Å². The molecule has 25 heavy (non-hydrogen) atoms. The summed E-state index contributed by atoms with van der Waals surface area (Å²) in [6.45, 7) is 4.22. The Kier molecular flexibility index (Phi) is 7.06. The fourth-order valence-corrected chi connectivity index (χ4v) is 3.03. The molecule has 3 nitrogen and oxygen atoms in total. The number of fused-ring (bicyclic) bond motifs is 1. The zero-order valence-corrected chi connectivity index (χ0v) is 15.5. The van der Waals surface area contributed by atoms with Gasteiger partial charge in [-0.1, -0.05) is 44.0 Å². The molecular formula is C21H21NO2S. The summed E-state index contributed by atoms with van der Waals surface area (Å²) in [5, 5.41) is 0.970. The monoisotopic (exact) mass is 351 g/mol. The van der Waals surface area contributed by atoms with Crippen LogP contribution in [0.25, 0.3) is 22.4 Å². The lowest BCUT2D eigenvalue weighted by Crippen LogP contribution is -1.96. The van der Waals surface area contributed by atoms with Crippen molar-refractivity contribution in [2.45, 2.75) is 13.8 Å². The van der Waals surface area contributed by atoms with E-state index in [4.69, 9.17) is 15.9 Å². The van der Waals surface area contributed by atoms with Crippen molar-refractivity contribution in [3.8, 4) is 23.8 Å². The lowest BCUT2D eigenvalue weighted by molar-refractivity contribution is 0.331. The third-order valence-electron chi connectivity index (χ3n) is 3.23. The lowest BCUT2D eigenvalue weighted by atomic mass is 10.2. The molecule has 0 aliphatic rings. The van der Waals surface area contributed by atoms with Crippen molar-refractivity contribution < 1.29 is 9.47 Å². The van der Waals surface area contributed by atoms with Gasteiger partial charge in [-0.15, -0.1) is 17.8 Å². The van der Waals surface area contributed by atoms with Crippen LogP contribution in [-0.4, -0.2) is 18.7 Å². The highest BCUT2D eigenvalue weighted by Gasteiger charge is 2.04. The molecule has 0 unspecified atom stereocenters. The summed E-state index contributed by atoms with van der Waals surface area (Å²) in [6.07, 6.45) is 9.22. The molecule has 0 atom stereocenters. The fraction of sp³-hybridized carbons (Fsp3) is 0.190. The van der Waals surface area contributed by atoms with Crippen molar-refractivity contribution in [1.29, 1.82) is 0 Å². The number of terminal acetylenes is 1. The third kappa shape index (κ3) is 4.85. The Morgan fingerprint density at radius 1 is 1.12 bits per heavy atom. The van der Waals surface area contributed by atoms with E-state index in [1.165, 1.54) is 4.70 Å². The van der Waals surface area contributed by atoms with Gasteiger partial charge in [0.05, 0.1) is 17.3 Å². The SMILES string of the molecule is C#CCOc1ccc(/C=C/c2nc3ccccc3s2)cc1OC.CC. The zero-order chi connectivity index (χ0) is 18.1. The first-order valence-corrected chi connectivity index (χ1v) is 8.90. The van der Waals surface area contributed by atoms with Crippen LogP contribution < -0.4 is 9.47 Å². The molecule has 0 saturated heterocycles. The quantitative estimate of drug-likeness (QED) is 0.568. The van der Waals surface area contributed by atoms with Gasteiger partial charge in [0.2, 0.25) is 0 Å². The molecule has 1 aromatic heterocycles. The Morgan fingerprint density at radius 2 is 1.92 bits per heavy atom. The number of nitrogens with zero attached hydrogens (tertiary/aromatic N) is 1. The minimum absolute atomic E-state index is 0.219. The lowest BCUT2D eigenvalue weighted by Gasteiger charge is -2.09. The molecule has 0 bridgehead atoms. The molecule has 0 spiro atoms. The summed E-state index contributed by atoms with van der Waals surface area (Å²) < 4.78 is 12.0. The van der Waals surface area contributed by atoms with E-state index in [1.807, 2.05) is 62.4 Å². The number of hydrogen-bond donors (Lipinski definition) is 0. The minimum Gasteiger partial charge on any atom is -0.493 e. The van der Waals surface area contributed by atoms with Gasteiger partial charge in [0, 0.05) is 0 Å². The Morgan fingerprint density at radius 3 is 2.64 bits per heavy atom. The topological polar surface area (TPSA) is 31.4 Å². The number of ether oxygens (including phenoxy) is 2. The highest BCUT2D eigenvalue weighted by atomic mass is 32.1. The molecule has 4 heteroatoms. The van der Waals surface area contributed by atoms with Gasteiger partial charge < -0.3 is 9.47 Å². The summed E-state index contributed by atoms with van der Waals surface area (Å²) in [4.78, 5) is 4.58. The van der Waals surface area contributed by atoms with Gasteiger partial charge in [0.1, 0.15) is 11.6 Å². The maximum absolute atomic E-state index is 5.44. The van der Waals surface area contributed by atoms with Gasteiger partial charge in [-0.25, -0.2) is 4.98 Å². The first-order chi connectivity index (χ1) is 12.3. The largest absolute Gasteiger partial charge is 0.493 e. The highest BCUT2D eigenvalue weighted by Crippen LogP contribution is 2.29. The second-order valence-corrected chi connectivity index (χ2v) is 5.82. The summed E-state index contributed by atoms with van der Waals surface area (Å²) in [5.41, 5.74) is 2.03. The first kappa shape index (κ1) is 18.6. The molecule has 3 aromatic rings.